The summed E-state index contributed by atoms with van der Waals surface area (Å²) >= 11 is 7.15. The number of aromatic nitrogens is 1. The summed E-state index contributed by atoms with van der Waals surface area (Å²) < 4.78 is 30.0. The third-order valence-corrected chi connectivity index (χ3v) is 6.83. The highest BCUT2D eigenvalue weighted by molar-refractivity contribution is 7.91. The lowest BCUT2D eigenvalue weighted by atomic mass is 10.3. The molecule has 1 heterocycles. The minimum absolute atomic E-state index is 0.0332. The van der Waals surface area contributed by atoms with Gasteiger partial charge in [0.25, 0.3) is 5.91 Å². The topological polar surface area (TPSA) is 85.4 Å². The quantitative estimate of drug-likeness (QED) is 0.498. The molecule has 0 aliphatic heterocycles. The number of hydrogen-bond acceptors (Lipinski definition) is 6. The first kappa shape index (κ1) is 21.3. The third kappa shape index (κ3) is 6.28. The molecule has 6 nitrogen and oxygen atoms in total. The highest BCUT2D eigenvalue weighted by Crippen LogP contribution is 2.18. The van der Waals surface area contributed by atoms with E-state index in [-0.39, 0.29) is 35.4 Å². The minimum atomic E-state index is -3.34. The average molecular weight is 451 g/mol. The first-order chi connectivity index (χ1) is 13.9. The molecular weight excluding hydrogens is 432 g/mol. The van der Waals surface area contributed by atoms with E-state index < -0.39 is 9.84 Å². The fraction of sp³-hybridized carbons (Fsp3) is 0.200. The summed E-state index contributed by atoms with van der Waals surface area (Å²) in [7, 11) is -3.34. The molecule has 1 aromatic heterocycles. The van der Waals surface area contributed by atoms with E-state index in [1.54, 1.807) is 60.0 Å². The number of rotatable bonds is 9. The maximum absolute atomic E-state index is 12.2. The van der Waals surface area contributed by atoms with Gasteiger partial charge in [-0.3, -0.25) is 4.79 Å². The zero-order valence-corrected chi connectivity index (χ0v) is 17.8. The molecular formula is C20H19ClN2O4S2. The molecule has 0 aliphatic carbocycles. The van der Waals surface area contributed by atoms with Crippen LogP contribution < -0.4 is 10.1 Å². The molecule has 0 fully saturated rings. The molecule has 0 radical (unpaired) electrons. The Hall–Kier alpha value is -2.42. The molecule has 0 aliphatic rings. The molecule has 3 aromatic rings. The highest BCUT2D eigenvalue weighted by Gasteiger charge is 2.15. The number of thiazole rings is 1. The van der Waals surface area contributed by atoms with Gasteiger partial charge in [0.15, 0.2) is 9.84 Å². The van der Waals surface area contributed by atoms with E-state index in [4.69, 9.17) is 16.3 Å². The van der Waals surface area contributed by atoms with Crippen LogP contribution in [0.5, 0.6) is 5.75 Å². The van der Waals surface area contributed by atoms with Crippen molar-refractivity contribution in [3.63, 3.8) is 0 Å². The molecule has 3 rings (SSSR count). The molecule has 9 heteroatoms. The van der Waals surface area contributed by atoms with Crippen LogP contribution in [0.25, 0.3) is 0 Å². The zero-order valence-electron chi connectivity index (χ0n) is 15.4. The fourth-order valence-electron chi connectivity index (χ4n) is 2.46. The number of hydrogen-bond donors (Lipinski definition) is 1. The van der Waals surface area contributed by atoms with Crippen molar-refractivity contribution < 1.29 is 17.9 Å². The lowest BCUT2D eigenvalue weighted by Gasteiger charge is -2.05. The van der Waals surface area contributed by atoms with Crippen LogP contribution in [0.15, 0.2) is 64.9 Å². The zero-order chi connectivity index (χ0) is 20.7. The lowest BCUT2D eigenvalue weighted by molar-refractivity contribution is 0.0949. The number of sulfone groups is 1. The van der Waals surface area contributed by atoms with Gasteiger partial charge in [0, 0.05) is 16.9 Å². The fourth-order valence-corrected chi connectivity index (χ4v) is 4.60. The molecule has 0 saturated carbocycles. The van der Waals surface area contributed by atoms with Crippen molar-refractivity contribution in [3.8, 4) is 5.75 Å². The first-order valence-electron chi connectivity index (χ1n) is 8.83. The van der Waals surface area contributed by atoms with Gasteiger partial charge in [0.2, 0.25) is 0 Å². The standard InChI is InChI=1S/C20H19ClN2O4S2/c21-15-7-9-16(10-8-15)27-13-19-23-18(14-28-19)20(24)22-11-4-12-29(25,26)17-5-2-1-3-6-17/h1-3,5-10,14H,4,11-13H2,(H,22,24). The molecule has 0 unspecified atom stereocenters. The summed E-state index contributed by atoms with van der Waals surface area (Å²) in [4.78, 5) is 16.7. The van der Waals surface area contributed by atoms with E-state index in [0.29, 0.717) is 22.2 Å². The van der Waals surface area contributed by atoms with Crippen molar-refractivity contribution in [2.45, 2.75) is 17.9 Å². The van der Waals surface area contributed by atoms with E-state index in [2.05, 4.69) is 10.3 Å². The maximum Gasteiger partial charge on any atom is 0.270 e. The van der Waals surface area contributed by atoms with Crippen LogP contribution in [0.3, 0.4) is 0 Å². The van der Waals surface area contributed by atoms with Crippen molar-refractivity contribution in [2.24, 2.45) is 0 Å². The molecule has 1 amide bonds. The second-order valence-electron chi connectivity index (χ2n) is 6.11. The molecule has 0 bridgehead atoms. The van der Waals surface area contributed by atoms with Crippen molar-refractivity contribution in [1.29, 1.82) is 0 Å². The molecule has 0 atom stereocenters. The highest BCUT2D eigenvalue weighted by atomic mass is 35.5. The van der Waals surface area contributed by atoms with Crippen molar-refractivity contribution in [2.75, 3.05) is 12.3 Å². The number of ether oxygens (including phenoxy) is 1. The van der Waals surface area contributed by atoms with Gasteiger partial charge in [-0.15, -0.1) is 11.3 Å². The maximum atomic E-state index is 12.2. The Bertz CT molecular complexity index is 1050. The van der Waals surface area contributed by atoms with E-state index in [9.17, 15) is 13.2 Å². The van der Waals surface area contributed by atoms with E-state index in [0.717, 1.165) is 0 Å². The van der Waals surface area contributed by atoms with Crippen LogP contribution in [0.1, 0.15) is 21.9 Å². The molecule has 0 spiro atoms. The average Bonchev–Trinajstić information content (AvgIpc) is 3.20. The molecule has 1 N–H and O–H groups in total. The monoisotopic (exact) mass is 450 g/mol. The minimum Gasteiger partial charge on any atom is -0.486 e. The summed E-state index contributed by atoms with van der Waals surface area (Å²) in [6, 6.07) is 15.2. The Balaban J connectivity index is 1.43. The van der Waals surface area contributed by atoms with Gasteiger partial charge in [-0.1, -0.05) is 29.8 Å². The second-order valence-corrected chi connectivity index (χ2v) is 9.60. The van der Waals surface area contributed by atoms with Crippen LogP contribution in [0.4, 0.5) is 0 Å². The number of carbonyl (C=O) groups is 1. The van der Waals surface area contributed by atoms with Gasteiger partial charge in [-0.05, 0) is 42.8 Å². The smallest absolute Gasteiger partial charge is 0.270 e. The molecule has 152 valence electrons. The summed E-state index contributed by atoms with van der Waals surface area (Å²) in [6.45, 7) is 0.494. The molecule has 0 saturated heterocycles. The van der Waals surface area contributed by atoms with Gasteiger partial charge < -0.3 is 10.1 Å². The Morgan fingerprint density at radius 2 is 1.83 bits per heavy atom. The molecule has 29 heavy (non-hydrogen) atoms. The SMILES string of the molecule is O=C(NCCCS(=O)(=O)c1ccccc1)c1csc(COc2ccc(Cl)cc2)n1. The van der Waals surface area contributed by atoms with Gasteiger partial charge in [0.1, 0.15) is 23.1 Å². The summed E-state index contributed by atoms with van der Waals surface area (Å²) in [6.07, 6.45) is 0.319. The Morgan fingerprint density at radius 1 is 1.10 bits per heavy atom. The van der Waals surface area contributed by atoms with E-state index >= 15 is 0 Å². The van der Waals surface area contributed by atoms with Crippen molar-refractivity contribution >= 4 is 38.7 Å². The normalized spacial score (nSPS) is 11.2. The lowest BCUT2D eigenvalue weighted by Crippen LogP contribution is -2.26. The Morgan fingerprint density at radius 3 is 2.55 bits per heavy atom. The number of amides is 1. The number of nitrogens with zero attached hydrogens (tertiary/aromatic N) is 1. The second kappa shape index (κ2) is 9.87. The summed E-state index contributed by atoms with van der Waals surface area (Å²) in [5.41, 5.74) is 0.288. The first-order valence-corrected chi connectivity index (χ1v) is 11.7. The largest absolute Gasteiger partial charge is 0.486 e. The number of nitrogens with one attached hydrogen (secondary N) is 1. The van der Waals surface area contributed by atoms with Gasteiger partial charge in [-0.25, -0.2) is 13.4 Å². The van der Waals surface area contributed by atoms with E-state index in [1.807, 2.05) is 0 Å². The van der Waals surface area contributed by atoms with Gasteiger partial charge in [-0.2, -0.15) is 0 Å². The predicted octanol–water partition coefficient (Wildman–Crippen LogP) is 3.97. The number of carbonyl (C=O) groups excluding carboxylic acids is 1. The predicted molar refractivity (Wildman–Crippen MR) is 113 cm³/mol. The number of benzene rings is 2. The van der Waals surface area contributed by atoms with Crippen LogP contribution in [0, 0.1) is 0 Å². The molecule has 2 aromatic carbocycles. The van der Waals surface area contributed by atoms with Crippen LogP contribution in [-0.2, 0) is 16.4 Å². The van der Waals surface area contributed by atoms with Gasteiger partial charge >= 0.3 is 0 Å². The van der Waals surface area contributed by atoms with Crippen molar-refractivity contribution in [3.05, 3.63) is 75.7 Å². The van der Waals surface area contributed by atoms with Crippen LogP contribution in [0.2, 0.25) is 5.02 Å². The Kier molecular flexibility index (Phi) is 7.24. The van der Waals surface area contributed by atoms with Crippen LogP contribution in [-0.4, -0.2) is 31.6 Å². The van der Waals surface area contributed by atoms with Gasteiger partial charge in [0.05, 0.1) is 10.6 Å². The number of halogens is 1. The third-order valence-electron chi connectivity index (χ3n) is 3.94. The Labute approximate surface area is 178 Å². The summed E-state index contributed by atoms with van der Waals surface area (Å²) in [5, 5.41) is 5.64. The summed E-state index contributed by atoms with van der Waals surface area (Å²) in [5.74, 6) is 0.292. The van der Waals surface area contributed by atoms with Crippen LogP contribution >= 0.6 is 22.9 Å². The van der Waals surface area contributed by atoms with Crippen molar-refractivity contribution in [1.82, 2.24) is 10.3 Å². The van der Waals surface area contributed by atoms with E-state index in [1.165, 1.54) is 11.3 Å².